The molecule has 1 amide bonds. The molecule has 0 saturated heterocycles. The number of methoxy groups -OCH3 is 2. The molecule has 3 aromatic rings. The summed E-state index contributed by atoms with van der Waals surface area (Å²) in [4.78, 5) is 12.6. The molecular weight excluding hydrogens is 346 g/mol. The summed E-state index contributed by atoms with van der Waals surface area (Å²) in [5, 5.41) is 9.84. The zero-order valence-electron chi connectivity index (χ0n) is 15.4. The van der Waals surface area contributed by atoms with Crippen molar-refractivity contribution >= 4 is 11.6 Å². The van der Waals surface area contributed by atoms with Crippen molar-refractivity contribution in [1.82, 2.24) is 10.2 Å². The lowest BCUT2D eigenvalue weighted by molar-refractivity contribution is 0.102. The van der Waals surface area contributed by atoms with Crippen LogP contribution in [0.3, 0.4) is 0 Å². The lowest BCUT2D eigenvalue weighted by Gasteiger charge is -2.10. The highest BCUT2D eigenvalue weighted by molar-refractivity contribution is 6.04. The molecule has 2 N–H and O–H groups in total. The van der Waals surface area contributed by atoms with Gasteiger partial charge in [0, 0.05) is 11.6 Å². The van der Waals surface area contributed by atoms with E-state index in [1.165, 1.54) is 0 Å². The molecule has 0 unspecified atom stereocenters. The van der Waals surface area contributed by atoms with Gasteiger partial charge in [-0.25, -0.2) is 0 Å². The molecule has 3 rings (SSSR count). The van der Waals surface area contributed by atoms with Gasteiger partial charge in [0.05, 0.1) is 32.2 Å². The summed E-state index contributed by atoms with van der Waals surface area (Å²) in [5.74, 6) is 1.59. The average Bonchev–Trinajstić information content (AvgIpc) is 3.19. The van der Waals surface area contributed by atoms with Gasteiger partial charge in [-0.15, -0.1) is 0 Å². The number of carbonyl (C=O) groups excluding carboxylic acids is 1. The van der Waals surface area contributed by atoms with Crippen molar-refractivity contribution in [3.05, 3.63) is 54.2 Å². The Labute approximate surface area is 157 Å². The van der Waals surface area contributed by atoms with Crippen LogP contribution in [0.15, 0.2) is 48.5 Å². The van der Waals surface area contributed by atoms with Crippen LogP contribution in [0.2, 0.25) is 0 Å². The molecule has 7 nitrogen and oxygen atoms in total. The number of rotatable bonds is 7. The summed E-state index contributed by atoms with van der Waals surface area (Å²) in [6, 6.07) is 14.4. The Morgan fingerprint density at radius 3 is 2.63 bits per heavy atom. The molecule has 7 heteroatoms. The van der Waals surface area contributed by atoms with E-state index in [9.17, 15) is 4.79 Å². The highest BCUT2D eigenvalue weighted by Crippen LogP contribution is 2.32. The van der Waals surface area contributed by atoms with E-state index < -0.39 is 0 Å². The predicted molar refractivity (Wildman–Crippen MR) is 103 cm³/mol. The number of anilines is 1. The fourth-order valence-electron chi connectivity index (χ4n) is 2.63. The first-order chi connectivity index (χ1) is 13.2. The number of H-pyrrole nitrogens is 1. The lowest BCUT2D eigenvalue weighted by atomic mass is 10.1. The molecule has 0 atom stereocenters. The number of hydrogen-bond donors (Lipinski definition) is 2. The fraction of sp³-hybridized carbons (Fsp3) is 0.200. The van der Waals surface area contributed by atoms with E-state index in [0.29, 0.717) is 40.9 Å². The first-order valence-electron chi connectivity index (χ1n) is 8.47. The largest absolute Gasteiger partial charge is 0.497 e. The summed E-state index contributed by atoms with van der Waals surface area (Å²) in [6.45, 7) is 2.40. The van der Waals surface area contributed by atoms with Crippen LogP contribution in [-0.2, 0) is 0 Å². The maximum atomic E-state index is 12.6. The number of benzene rings is 2. The summed E-state index contributed by atoms with van der Waals surface area (Å²) < 4.78 is 16.1. The second-order valence-corrected chi connectivity index (χ2v) is 5.62. The third kappa shape index (κ3) is 4.03. The van der Waals surface area contributed by atoms with Gasteiger partial charge in [0.25, 0.3) is 5.91 Å². The topological polar surface area (TPSA) is 85.5 Å². The number of nitrogens with one attached hydrogen (secondary N) is 2. The molecule has 0 aliphatic rings. The molecule has 0 spiro atoms. The van der Waals surface area contributed by atoms with Crippen LogP contribution in [0.1, 0.15) is 17.4 Å². The van der Waals surface area contributed by atoms with Crippen LogP contribution >= 0.6 is 0 Å². The number of hydrogen-bond acceptors (Lipinski definition) is 5. The molecule has 0 fully saturated rings. The smallest absolute Gasteiger partial charge is 0.273 e. The number of carbonyl (C=O) groups is 1. The molecule has 140 valence electrons. The maximum Gasteiger partial charge on any atom is 0.273 e. The van der Waals surface area contributed by atoms with Gasteiger partial charge in [-0.3, -0.25) is 9.89 Å². The number of ether oxygens (including phenoxy) is 3. The van der Waals surface area contributed by atoms with Crippen LogP contribution in [0, 0.1) is 0 Å². The fourth-order valence-corrected chi connectivity index (χ4v) is 2.63. The summed E-state index contributed by atoms with van der Waals surface area (Å²) in [6.07, 6.45) is 0. The highest BCUT2D eigenvalue weighted by atomic mass is 16.5. The van der Waals surface area contributed by atoms with Crippen LogP contribution in [0.5, 0.6) is 17.2 Å². The number of amides is 1. The highest BCUT2D eigenvalue weighted by Gasteiger charge is 2.16. The summed E-state index contributed by atoms with van der Waals surface area (Å²) in [5.41, 5.74) is 2.28. The Kier molecular flexibility index (Phi) is 5.61. The zero-order chi connectivity index (χ0) is 19.2. The van der Waals surface area contributed by atoms with Gasteiger partial charge in [0.1, 0.15) is 22.9 Å². The minimum atomic E-state index is -0.312. The monoisotopic (exact) mass is 367 g/mol. The van der Waals surface area contributed by atoms with Crippen LogP contribution in [0.4, 0.5) is 5.69 Å². The van der Waals surface area contributed by atoms with E-state index in [1.807, 2.05) is 31.2 Å². The second kappa shape index (κ2) is 8.27. The predicted octanol–water partition coefficient (Wildman–Crippen LogP) is 3.74. The van der Waals surface area contributed by atoms with Gasteiger partial charge >= 0.3 is 0 Å². The molecular formula is C20H21N3O4. The van der Waals surface area contributed by atoms with Gasteiger partial charge < -0.3 is 19.5 Å². The molecule has 1 aromatic heterocycles. The average molecular weight is 367 g/mol. The number of nitrogens with zero attached hydrogens (tertiary/aromatic N) is 1. The zero-order valence-corrected chi connectivity index (χ0v) is 15.4. The van der Waals surface area contributed by atoms with Gasteiger partial charge in [-0.05, 0) is 37.3 Å². The normalized spacial score (nSPS) is 10.3. The molecule has 2 aromatic carbocycles. The van der Waals surface area contributed by atoms with Gasteiger partial charge in [0.2, 0.25) is 0 Å². The van der Waals surface area contributed by atoms with Crippen molar-refractivity contribution < 1.29 is 19.0 Å². The second-order valence-electron chi connectivity index (χ2n) is 5.62. The minimum absolute atomic E-state index is 0.312. The molecule has 0 bridgehead atoms. The van der Waals surface area contributed by atoms with Crippen molar-refractivity contribution in [2.75, 3.05) is 26.1 Å². The third-order valence-electron chi connectivity index (χ3n) is 3.94. The summed E-state index contributed by atoms with van der Waals surface area (Å²) in [7, 11) is 3.16. The number of para-hydroxylation sites is 2. The van der Waals surface area contributed by atoms with E-state index in [0.717, 1.165) is 5.56 Å². The molecule has 0 aliphatic carbocycles. The molecule has 0 saturated carbocycles. The molecule has 0 aliphatic heterocycles. The molecule has 1 heterocycles. The van der Waals surface area contributed by atoms with E-state index in [-0.39, 0.29) is 5.91 Å². The third-order valence-corrected chi connectivity index (χ3v) is 3.94. The van der Waals surface area contributed by atoms with Gasteiger partial charge in [-0.2, -0.15) is 5.10 Å². The Morgan fingerprint density at radius 2 is 1.89 bits per heavy atom. The van der Waals surface area contributed by atoms with E-state index in [1.54, 1.807) is 38.5 Å². The van der Waals surface area contributed by atoms with E-state index in [4.69, 9.17) is 14.2 Å². The first-order valence-corrected chi connectivity index (χ1v) is 8.47. The minimum Gasteiger partial charge on any atom is -0.497 e. The number of aromatic amines is 1. The van der Waals surface area contributed by atoms with Crippen molar-refractivity contribution in [3.63, 3.8) is 0 Å². The van der Waals surface area contributed by atoms with Crippen molar-refractivity contribution in [2.45, 2.75) is 6.92 Å². The van der Waals surface area contributed by atoms with E-state index in [2.05, 4.69) is 15.5 Å². The number of aromatic nitrogens is 2. The molecule has 0 radical (unpaired) electrons. The Hall–Kier alpha value is -3.48. The van der Waals surface area contributed by atoms with Gasteiger partial charge in [-0.1, -0.05) is 12.1 Å². The SMILES string of the molecule is CCOc1ccccc1NC(=O)c1cc(-c2ccc(OC)cc2OC)n[nH]1. The maximum absolute atomic E-state index is 12.6. The van der Waals surface area contributed by atoms with Gasteiger partial charge in [0.15, 0.2) is 0 Å². The molecule has 27 heavy (non-hydrogen) atoms. The van der Waals surface area contributed by atoms with Crippen molar-refractivity contribution in [2.24, 2.45) is 0 Å². The van der Waals surface area contributed by atoms with Crippen LogP contribution < -0.4 is 19.5 Å². The Morgan fingerprint density at radius 1 is 1.07 bits per heavy atom. The first kappa shape index (κ1) is 18.3. The Bertz CT molecular complexity index is 936. The van der Waals surface area contributed by atoms with Crippen LogP contribution in [-0.4, -0.2) is 36.9 Å². The standard InChI is InChI=1S/C20H21N3O4/c1-4-27-18-8-6-5-7-15(18)21-20(24)17-12-16(22-23-17)14-10-9-13(25-2)11-19(14)26-3/h5-12H,4H2,1-3H3,(H,21,24)(H,22,23). The lowest BCUT2D eigenvalue weighted by Crippen LogP contribution is -2.13. The summed E-state index contributed by atoms with van der Waals surface area (Å²) >= 11 is 0. The quantitative estimate of drug-likeness (QED) is 0.664. The van der Waals surface area contributed by atoms with Crippen LogP contribution in [0.25, 0.3) is 11.3 Å². The van der Waals surface area contributed by atoms with Crippen molar-refractivity contribution in [3.8, 4) is 28.5 Å². The van der Waals surface area contributed by atoms with E-state index >= 15 is 0 Å². The van der Waals surface area contributed by atoms with Crippen molar-refractivity contribution in [1.29, 1.82) is 0 Å². The Balaban J connectivity index is 1.83.